The minimum atomic E-state index is 0.716. The number of fused-ring (bicyclic) bond motifs is 1. The Kier molecular flexibility index (Phi) is 5.09. The third-order valence-corrected chi connectivity index (χ3v) is 7.17. The summed E-state index contributed by atoms with van der Waals surface area (Å²) in [4.78, 5) is 5.28. The quantitative estimate of drug-likeness (QED) is 0.711. The average Bonchev–Trinajstić information content (AvgIpc) is 3.40. The zero-order chi connectivity index (χ0) is 18.9. The highest BCUT2D eigenvalue weighted by Gasteiger charge is 2.38. The number of allylic oxidation sites excluding steroid dienone is 1. The molecule has 2 fully saturated rings. The highest BCUT2D eigenvalue weighted by Crippen LogP contribution is 2.43. The molecule has 2 heterocycles. The molecule has 28 heavy (non-hydrogen) atoms. The normalized spacial score (nSPS) is 27.9. The van der Waals surface area contributed by atoms with Crippen molar-refractivity contribution in [3.63, 3.8) is 0 Å². The van der Waals surface area contributed by atoms with Gasteiger partial charge in [0.2, 0.25) is 0 Å². The zero-order valence-corrected chi connectivity index (χ0v) is 17.1. The summed E-state index contributed by atoms with van der Waals surface area (Å²) in [5, 5.41) is 0. The molecule has 5 rings (SSSR count). The van der Waals surface area contributed by atoms with Gasteiger partial charge in [-0.25, -0.2) is 0 Å². The second kappa shape index (κ2) is 7.85. The summed E-state index contributed by atoms with van der Waals surface area (Å²) in [7, 11) is 0. The molecule has 2 heteroatoms. The van der Waals surface area contributed by atoms with Crippen molar-refractivity contribution in [2.75, 3.05) is 19.6 Å². The number of hydrogen-bond donors (Lipinski definition) is 0. The Morgan fingerprint density at radius 1 is 0.893 bits per heavy atom. The monoisotopic (exact) mass is 372 g/mol. The number of likely N-dealkylation sites (tertiary alicyclic amines) is 2. The van der Waals surface area contributed by atoms with E-state index in [0.717, 1.165) is 25.0 Å². The van der Waals surface area contributed by atoms with E-state index in [9.17, 15) is 0 Å². The molecule has 2 aromatic carbocycles. The van der Waals surface area contributed by atoms with Crippen LogP contribution in [0.4, 0.5) is 0 Å². The molecule has 0 spiro atoms. The summed E-state index contributed by atoms with van der Waals surface area (Å²) in [6.45, 7) is 8.27. The van der Waals surface area contributed by atoms with Gasteiger partial charge in [0.15, 0.2) is 0 Å². The first-order valence-electron chi connectivity index (χ1n) is 11.1. The second-order valence-corrected chi connectivity index (χ2v) is 9.10. The molecule has 0 saturated carbocycles. The Balaban J connectivity index is 1.23. The fraction of sp³-hybridized carbons (Fsp3) is 0.462. The van der Waals surface area contributed by atoms with Crippen LogP contribution in [-0.2, 0) is 13.1 Å². The van der Waals surface area contributed by atoms with E-state index in [1.54, 1.807) is 5.57 Å². The van der Waals surface area contributed by atoms with Gasteiger partial charge in [-0.1, -0.05) is 60.7 Å². The van der Waals surface area contributed by atoms with Crippen LogP contribution in [-0.4, -0.2) is 35.5 Å². The van der Waals surface area contributed by atoms with Crippen LogP contribution < -0.4 is 0 Å². The fourth-order valence-electron chi connectivity index (χ4n) is 5.55. The van der Waals surface area contributed by atoms with E-state index in [2.05, 4.69) is 77.4 Å². The number of hydrogen-bond acceptors (Lipinski definition) is 2. The minimum absolute atomic E-state index is 0.716. The molecule has 3 aliphatic rings. The van der Waals surface area contributed by atoms with E-state index in [-0.39, 0.29) is 0 Å². The van der Waals surface area contributed by atoms with Crippen molar-refractivity contribution in [1.82, 2.24) is 9.80 Å². The molecule has 0 N–H and O–H groups in total. The van der Waals surface area contributed by atoms with Crippen LogP contribution in [0.3, 0.4) is 0 Å². The Bertz CT molecular complexity index is 823. The van der Waals surface area contributed by atoms with Crippen molar-refractivity contribution in [3.8, 4) is 0 Å². The van der Waals surface area contributed by atoms with Gasteiger partial charge in [0, 0.05) is 38.1 Å². The van der Waals surface area contributed by atoms with Gasteiger partial charge < -0.3 is 0 Å². The van der Waals surface area contributed by atoms with Gasteiger partial charge in [0.25, 0.3) is 0 Å². The van der Waals surface area contributed by atoms with Crippen LogP contribution >= 0.6 is 0 Å². The molecular formula is C26H32N2. The second-order valence-electron chi connectivity index (χ2n) is 9.10. The predicted molar refractivity (Wildman–Crippen MR) is 117 cm³/mol. The molecule has 2 saturated heterocycles. The summed E-state index contributed by atoms with van der Waals surface area (Å²) >= 11 is 0. The van der Waals surface area contributed by atoms with Gasteiger partial charge in [0.1, 0.15) is 0 Å². The first-order chi connectivity index (χ1) is 13.8. The van der Waals surface area contributed by atoms with E-state index in [4.69, 9.17) is 0 Å². The first-order valence-corrected chi connectivity index (χ1v) is 11.1. The maximum Gasteiger partial charge on any atom is 0.0236 e. The van der Waals surface area contributed by atoms with Crippen LogP contribution in [0.2, 0.25) is 0 Å². The van der Waals surface area contributed by atoms with Gasteiger partial charge in [-0.05, 0) is 60.9 Å². The van der Waals surface area contributed by atoms with Crippen LogP contribution in [0.1, 0.15) is 42.9 Å². The van der Waals surface area contributed by atoms with Gasteiger partial charge in [-0.3, -0.25) is 9.80 Å². The summed E-state index contributed by atoms with van der Waals surface area (Å²) in [5.41, 5.74) is 5.95. The van der Waals surface area contributed by atoms with Crippen LogP contribution in [0.5, 0.6) is 0 Å². The van der Waals surface area contributed by atoms with Crippen molar-refractivity contribution in [2.45, 2.75) is 45.3 Å². The van der Waals surface area contributed by atoms with Crippen molar-refractivity contribution < 1.29 is 0 Å². The lowest BCUT2D eigenvalue weighted by Crippen LogP contribution is -2.26. The summed E-state index contributed by atoms with van der Waals surface area (Å²) < 4.78 is 0. The van der Waals surface area contributed by atoms with Crippen molar-refractivity contribution in [3.05, 3.63) is 77.4 Å². The van der Waals surface area contributed by atoms with Crippen molar-refractivity contribution in [2.24, 2.45) is 11.8 Å². The molecular weight excluding hydrogens is 340 g/mol. The first kappa shape index (κ1) is 18.1. The molecule has 0 aromatic heterocycles. The van der Waals surface area contributed by atoms with E-state index >= 15 is 0 Å². The third kappa shape index (κ3) is 3.68. The Morgan fingerprint density at radius 2 is 1.68 bits per heavy atom. The van der Waals surface area contributed by atoms with Gasteiger partial charge >= 0.3 is 0 Å². The highest BCUT2D eigenvalue weighted by molar-refractivity contribution is 5.70. The van der Waals surface area contributed by atoms with Gasteiger partial charge in [-0.15, -0.1) is 0 Å². The zero-order valence-electron chi connectivity index (χ0n) is 17.1. The van der Waals surface area contributed by atoms with E-state index in [1.165, 1.54) is 55.6 Å². The number of benzene rings is 2. The molecule has 3 atom stereocenters. The van der Waals surface area contributed by atoms with Crippen molar-refractivity contribution in [1.29, 1.82) is 0 Å². The molecule has 0 radical (unpaired) electrons. The molecule has 2 nitrogen and oxygen atoms in total. The molecule has 0 bridgehead atoms. The highest BCUT2D eigenvalue weighted by atomic mass is 15.2. The van der Waals surface area contributed by atoms with E-state index < -0.39 is 0 Å². The summed E-state index contributed by atoms with van der Waals surface area (Å²) in [5.74, 6) is 1.53. The Morgan fingerprint density at radius 3 is 2.43 bits per heavy atom. The fourth-order valence-corrected chi connectivity index (χ4v) is 5.55. The van der Waals surface area contributed by atoms with Crippen LogP contribution in [0, 0.1) is 11.8 Å². The molecule has 1 aliphatic carbocycles. The largest absolute Gasteiger partial charge is 0.298 e. The lowest BCUT2D eigenvalue weighted by Gasteiger charge is -2.21. The lowest BCUT2D eigenvalue weighted by atomic mass is 9.90. The smallest absolute Gasteiger partial charge is 0.0236 e. The summed E-state index contributed by atoms with van der Waals surface area (Å²) in [6, 6.07) is 21.2. The minimum Gasteiger partial charge on any atom is -0.298 e. The molecule has 2 aliphatic heterocycles. The molecule has 2 aromatic rings. The third-order valence-electron chi connectivity index (χ3n) is 7.17. The SMILES string of the molecule is CC1CCCN1Cc1ccc(C2=CCC3CN(Cc4ccccc4)CC23)cc1. The lowest BCUT2D eigenvalue weighted by molar-refractivity contribution is 0.260. The maximum atomic E-state index is 2.65. The van der Waals surface area contributed by atoms with E-state index in [0.29, 0.717) is 5.92 Å². The topological polar surface area (TPSA) is 6.48 Å². The predicted octanol–water partition coefficient (Wildman–Crippen LogP) is 5.21. The van der Waals surface area contributed by atoms with Gasteiger partial charge in [-0.2, -0.15) is 0 Å². The molecule has 3 unspecified atom stereocenters. The van der Waals surface area contributed by atoms with Crippen LogP contribution in [0.15, 0.2) is 60.7 Å². The standard InChI is InChI=1S/C26H32N2/c1-20-6-5-15-28(20)17-22-9-11-23(12-10-22)25-14-13-24-18-27(19-26(24)25)16-21-7-3-2-4-8-21/h2-4,7-12,14,20,24,26H,5-6,13,15-19H2,1H3. The Labute approximate surface area is 169 Å². The average molecular weight is 373 g/mol. The molecule has 0 amide bonds. The van der Waals surface area contributed by atoms with Gasteiger partial charge in [0.05, 0.1) is 0 Å². The maximum absolute atomic E-state index is 2.65. The number of rotatable bonds is 5. The van der Waals surface area contributed by atoms with Crippen molar-refractivity contribution >= 4 is 5.57 Å². The number of nitrogens with zero attached hydrogens (tertiary/aromatic N) is 2. The van der Waals surface area contributed by atoms with Crippen LogP contribution in [0.25, 0.3) is 5.57 Å². The van der Waals surface area contributed by atoms with E-state index in [1.807, 2.05) is 0 Å². The summed E-state index contributed by atoms with van der Waals surface area (Å²) in [6.07, 6.45) is 6.48. The molecule has 146 valence electrons. The Hall–Kier alpha value is -1.90.